The first-order chi connectivity index (χ1) is 15.8. The topological polar surface area (TPSA) is 137 Å². The number of hydrogen-bond donors (Lipinski definition) is 3. The van der Waals surface area contributed by atoms with Crippen molar-refractivity contribution in [3.8, 4) is 5.75 Å². The van der Waals surface area contributed by atoms with Gasteiger partial charge in [0.05, 0.1) is 11.7 Å². The average molecular weight is 481 g/mol. The van der Waals surface area contributed by atoms with Crippen molar-refractivity contribution in [2.24, 2.45) is 5.73 Å². The molecule has 9 nitrogen and oxygen atoms in total. The molecule has 0 fully saturated rings. The van der Waals surface area contributed by atoms with Crippen molar-refractivity contribution in [3.63, 3.8) is 0 Å². The number of carbonyl (C=O) groups is 4. The van der Waals surface area contributed by atoms with Crippen molar-refractivity contribution in [3.05, 3.63) is 59.7 Å². The van der Waals surface area contributed by atoms with Crippen LogP contribution in [0.4, 0.5) is 23.7 Å². The third-order valence-corrected chi connectivity index (χ3v) is 4.18. The van der Waals surface area contributed by atoms with Gasteiger partial charge in [-0.15, -0.1) is 0 Å². The minimum absolute atomic E-state index is 0.0732. The Morgan fingerprint density at radius 2 is 1.56 bits per heavy atom. The Morgan fingerprint density at radius 3 is 2.06 bits per heavy atom. The van der Waals surface area contributed by atoms with Crippen molar-refractivity contribution in [1.29, 1.82) is 0 Å². The Hall–Kier alpha value is -4.09. The van der Waals surface area contributed by atoms with E-state index in [4.69, 9.17) is 10.5 Å². The zero-order valence-electron chi connectivity index (χ0n) is 18.1. The van der Waals surface area contributed by atoms with Crippen LogP contribution in [-0.2, 0) is 20.7 Å². The molecule has 12 heteroatoms. The third-order valence-electron chi connectivity index (χ3n) is 4.18. The molecule has 0 aliphatic carbocycles. The molecule has 0 saturated carbocycles. The first kappa shape index (κ1) is 26.2. The van der Waals surface area contributed by atoms with Crippen LogP contribution in [0.5, 0.6) is 5.75 Å². The molecule has 4 N–H and O–H groups in total. The Kier molecular flexibility index (Phi) is 8.59. The van der Waals surface area contributed by atoms with Crippen LogP contribution in [0.25, 0.3) is 0 Å². The van der Waals surface area contributed by atoms with Gasteiger partial charge in [-0.1, -0.05) is 12.1 Å². The summed E-state index contributed by atoms with van der Waals surface area (Å²) in [5.74, 6) is -4.07. The van der Waals surface area contributed by atoms with Gasteiger partial charge in [0.25, 0.3) is 0 Å². The van der Waals surface area contributed by atoms with Crippen LogP contribution in [-0.4, -0.2) is 42.2 Å². The maximum absolute atomic E-state index is 12.3. The maximum atomic E-state index is 12.3. The van der Waals surface area contributed by atoms with Crippen LogP contribution in [0.15, 0.2) is 48.5 Å². The highest BCUT2D eigenvalue weighted by molar-refractivity contribution is 5.94. The Labute approximate surface area is 192 Å². The fraction of sp³-hybridized carbons (Fsp3) is 0.273. The number of primary amides is 1. The molecule has 0 aromatic heterocycles. The van der Waals surface area contributed by atoms with E-state index >= 15 is 0 Å². The summed E-state index contributed by atoms with van der Waals surface area (Å²) < 4.78 is 46.0. The fourth-order valence-electron chi connectivity index (χ4n) is 2.61. The summed E-state index contributed by atoms with van der Waals surface area (Å²) in [5.41, 5.74) is 6.39. The van der Waals surface area contributed by atoms with Gasteiger partial charge in [-0.05, 0) is 55.8 Å². The molecule has 0 spiro atoms. The second-order valence-corrected chi connectivity index (χ2v) is 7.32. The van der Waals surface area contributed by atoms with E-state index in [9.17, 15) is 32.3 Å². The van der Waals surface area contributed by atoms with Crippen LogP contribution in [0.3, 0.4) is 0 Å². The Morgan fingerprint density at radius 1 is 0.971 bits per heavy atom. The van der Waals surface area contributed by atoms with Gasteiger partial charge >= 0.3 is 24.1 Å². The van der Waals surface area contributed by atoms with Gasteiger partial charge in [0, 0.05) is 12.1 Å². The lowest BCUT2D eigenvalue weighted by Gasteiger charge is -2.16. The number of rotatable bonds is 8. The molecule has 0 heterocycles. The van der Waals surface area contributed by atoms with Crippen molar-refractivity contribution < 1.29 is 41.8 Å². The van der Waals surface area contributed by atoms with Crippen molar-refractivity contribution >= 4 is 29.6 Å². The molecule has 0 unspecified atom stereocenters. The summed E-state index contributed by atoms with van der Waals surface area (Å²) in [6, 6.07) is 8.82. The first-order valence-corrected chi connectivity index (χ1v) is 9.91. The minimum Gasteiger partial charge on any atom is -0.459 e. The summed E-state index contributed by atoms with van der Waals surface area (Å²) in [6.07, 6.45) is -5.49. The molecule has 0 saturated heterocycles. The van der Waals surface area contributed by atoms with Gasteiger partial charge in [0.1, 0.15) is 11.8 Å². The second-order valence-electron chi connectivity index (χ2n) is 7.32. The second kappa shape index (κ2) is 11.2. The van der Waals surface area contributed by atoms with Crippen molar-refractivity contribution in [2.75, 3.05) is 5.32 Å². The highest BCUT2D eigenvalue weighted by atomic mass is 19.4. The summed E-state index contributed by atoms with van der Waals surface area (Å²) >= 11 is 0. The summed E-state index contributed by atoms with van der Waals surface area (Å²) in [4.78, 5) is 46.7. The van der Waals surface area contributed by atoms with Crippen molar-refractivity contribution in [1.82, 2.24) is 5.32 Å². The van der Waals surface area contributed by atoms with Crippen LogP contribution >= 0.6 is 0 Å². The lowest BCUT2D eigenvalue weighted by molar-refractivity contribution is -0.189. The molecule has 3 amide bonds. The van der Waals surface area contributed by atoms with E-state index in [1.165, 1.54) is 36.4 Å². The molecule has 2 aromatic carbocycles. The van der Waals surface area contributed by atoms with Crippen molar-refractivity contribution in [2.45, 2.75) is 38.6 Å². The number of anilines is 1. The Balaban J connectivity index is 1.96. The lowest BCUT2D eigenvalue weighted by Crippen LogP contribution is -2.47. The molecule has 0 bridgehead atoms. The number of hydrogen-bond acceptors (Lipinski definition) is 6. The van der Waals surface area contributed by atoms with Crippen LogP contribution in [0.2, 0.25) is 0 Å². The number of halogens is 3. The predicted molar refractivity (Wildman–Crippen MR) is 114 cm³/mol. The molecule has 2 rings (SSSR count). The molecule has 1 atom stereocenters. The van der Waals surface area contributed by atoms with E-state index in [1.54, 1.807) is 13.8 Å². The van der Waals surface area contributed by atoms with Gasteiger partial charge in [-0.2, -0.15) is 13.2 Å². The number of esters is 2. The molecule has 0 radical (unpaired) electrons. The van der Waals surface area contributed by atoms with E-state index in [0.29, 0.717) is 16.8 Å². The van der Waals surface area contributed by atoms with Crippen LogP contribution in [0.1, 0.15) is 29.8 Å². The highest BCUT2D eigenvalue weighted by Gasteiger charge is 2.41. The number of alkyl halides is 3. The summed E-state index contributed by atoms with van der Waals surface area (Å²) in [6.45, 7) is 3.43. The molecule has 0 aliphatic rings. The number of carbonyl (C=O) groups excluding carboxylic acids is 4. The molecule has 182 valence electrons. The van der Waals surface area contributed by atoms with E-state index < -0.39 is 36.1 Å². The molecular weight excluding hydrogens is 459 g/mol. The predicted octanol–water partition coefficient (Wildman–Crippen LogP) is 2.94. The molecule has 0 aliphatic heterocycles. The summed E-state index contributed by atoms with van der Waals surface area (Å²) in [7, 11) is 0. The molecular formula is C22H22F3N3O6. The smallest absolute Gasteiger partial charge is 0.459 e. The number of amides is 3. The monoisotopic (exact) mass is 481 g/mol. The molecule has 34 heavy (non-hydrogen) atoms. The number of urea groups is 1. The zero-order valence-corrected chi connectivity index (χ0v) is 18.1. The third kappa shape index (κ3) is 8.11. The standard InChI is InChI=1S/C22H22F3N3O6/c1-12(2)33-19(30)14-5-7-15(8-6-14)27-21(32)28-17(18(26)29)11-13-3-9-16(10-4-13)34-20(31)22(23,24)25/h3-10,12,17H,11H2,1-2H3,(H2,26,29)(H2,27,28,32)/t17-/m0/s1. The number of nitrogens with one attached hydrogen (secondary N) is 2. The van der Waals surface area contributed by atoms with Crippen LogP contribution < -0.4 is 21.1 Å². The lowest BCUT2D eigenvalue weighted by atomic mass is 10.1. The van der Waals surface area contributed by atoms with Gasteiger partial charge < -0.3 is 25.8 Å². The average Bonchev–Trinajstić information content (AvgIpc) is 2.73. The number of nitrogens with two attached hydrogens (primary N) is 1. The van der Waals surface area contributed by atoms with Gasteiger partial charge in [-0.25, -0.2) is 14.4 Å². The van der Waals surface area contributed by atoms with Gasteiger partial charge in [0.2, 0.25) is 5.91 Å². The zero-order chi connectivity index (χ0) is 25.5. The largest absolute Gasteiger partial charge is 0.491 e. The van der Waals surface area contributed by atoms with E-state index in [2.05, 4.69) is 15.4 Å². The quantitative estimate of drug-likeness (QED) is 0.392. The Bertz CT molecular complexity index is 1040. The summed E-state index contributed by atoms with van der Waals surface area (Å²) in [5, 5.41) is 4.88. The van der Waals surface area contributed by atoms with E-state index in [-0.39, 0.29) is 18.3 Å². The maximum Gasteiger partial charge on any atom is 0.491 e. The highest BCUT2D eigenvalue weighted by Crippen LogP contribution is 2.20. The van der Waals surface area contributed by atoms with Gasteiger partial charge in [0.15, 0.2) is 0 Å². The first-order valence-electron chi connectivity index (χ1n) is 9.91. The molecule has 2 aromatic rings. The number of benzene rings is 2. The minimum atomic E-state index is -5.13. The van der Waals surface area contributed by atoms with E-state index in [1.807, 2.05) is 0 Å². The normalized spacial score (nSPS) is 11.9. The van der Waals surface area contributed by atoms with E-state index in [0.717, 1.165) is 12.1 Å². The fourth-order valence-corrected chi connectivity index (χ4v) is 2.61. The number of ether oxygens (including phenoxy) is 2. The SMILES string of the molecule is CC(C)OC(=O)c1ccc(NC(=O)N[C@@H](Cc2ccc(OC(=O)C(F)(F)F)cc2)C(N)=O)cc1. The van der Waals surface area contributed by atoms with Gasteiger partial charge in [-0.3, -0.25) is 4.79 Å². The van der Waals surface area contributed by atoms with Crippen LogP contribution in [0, 0.1) is 0 Å².